The van der Waals surface area contributed by atoms with Crippen LogP contribution in [0.4, 0.5) is 5.69 Å². The number of ether oxygens (including phenoxy) is 1. The second kappa shape index (κ2) is 7.79. The largest absolute Gasteiger partial charge is 0.484 e. The van der Waals surface area contributed by atoms with Gasteiger partial charge in [-0.25, -0.2) is 0 Å². The number of rotatable bonds is 5. The number of hydrogen-bond donors (Lipinski definition) is 1. The predicted molar refractivity (Wildman–Crippen MR) is 102 cm³/mol. The summed E-state index contributed by atoms with van der Waals surface area (Å²) in [4.78, 5) is 26.1. The molecule has 0 radical (unpaired) electrons. The number of benzene rings is 2. The van der Waals surface area contributed by atoms with Crippen LogP contribution in [0.25, 0.3) is 0 Å². The molecule has 0 unspecified atom stereocenters. The molecular weight excluding hydrogens is 352 g/mol. The zero-order chi connectivity index (χ0) is 18.7. The molecule has 0 bridgehead atoms. The van der Waals surface area contributed by atoms with Crippen molar-refractivity contribution in [2.75, 3.05) is 18.1 Å². The number of halogens is 1. The highest BCUT2D eigenvalue weighted by Gasteiger charge is 2.31. The molecule has 6 heteroatoms. The first-order valence-electron chi connectivity index (χ1n) is 8.48. The number of nitrogens with one attached hydrogen (secondary N) is 1. The lowest BCUT2D eigenvalue weighted by atomic mass is 10.1. The van der Waals surface area contributed by atoms with E-state index in [1.807, 2.05) is 32.0 Å². The van der Waals surface area contributed by atoms with E-state index in [1.165, 1.54) is 5.56 Å². The Kier molecular flexibility index (Phi) is 5.47. The molecule has 0 aliphatic carbocycles. The monoisotopic (exact) mass is 372 g/mol. The molecule has 1 fully saturated rings. The quantitative estimate of drug-likeness (QED) is 0.876. The van der Waals surface area contributed by atoms with Crippen molar-refractivity contribution < 1.29 is 14.3 Å². The third kappa shape index (κ3) is 4.35. The van der Waals surface area contributed by atoms with Gasteiger partial charge in [-0.1, -0.05) is 17.7 Å². The Bertz CT molecular complexity index is 820. The number of amides is 2. The second-order valence-electron chi connectivity index (χ2n) is 6.48. The first kappa shape index (κ1) is 18.3. The van der Waals surface area contributed by atoms with Gasteiger partial charge in [0.1, 0.15) is 5.75 Å². The van der Waals surface area contributed by atoms with Crippen molar-refractivity contribution in [3.8, 4) is 5.75 Å². The maximum atomic E-state index is 12.3. The Balaban J connectivity index is 1.54. The maximum absolute atomic E-state index is 12.3. The van der Waals surface area contributed by atoms with Crippen LogP contribution in [0.5, 0.6) is 5.75 Å². The highest BCUT2D eigenvalue weighted by Crippen LogP contribution is 2.24. The van der Waals surface area contributed by atoms with Gasteiger partial charge in [0.2, 0.25) is 5.91 Å². The lowest BCUT2D eigenvalue weighted by molar-refractivity contribution is -0.123. The van der Waals surface area contributed by atoms with Gasteiger partial charge in [0.05, 0.1) is 6.04 Å². The molecule has 2 aromatic carbocycles. The summed E-state index contributed by atoms with van der Waals surface area (Å²) in [7, 11) is 0. The minimum absolute atomic E-state index is 0.0113. The van der Waals surface area contributed by atoms with Crippen LogP contribution in [-0.4, -0.2) is 31.0 Å². The predicted octanol–water partition coefficient (Wildman–Crippen LogP) is 3.26. The SMILES string of the molecule is Cc1ccc(N2C[C@@H](NC(=O)COc3ccc(Cl)cc3)CC2=O)cc1C. The van der Waals surface area contributed by atoms with Crippen LogP contribution in [0.3, 0.4) is 0 Å². The minimum Gasteiger partial charge on any atom is -0.484 e. The average molecular weight is 373 g/mol. The fraction of sp³-hybridized carbons (Fsp3) is 0.300. The zero-order valence-corrected chi connectivity index (χ0v) is 15.5. The van der Waals surface area contributed by atoms with Gasteiger partial charge in [-0.3, -0.25) is 9.59 Å². The molecule has 2 amide bonds. The first-order valence-corrected chi connectivity index (χ1v) is 8.85. The molecule has 0 saturated carbocycles. The number of aryl methyl sites for hydroxylation is 2. The average Bonchev–Trinajstić information content (AvgIpc) is 2.97. The smallest absolute Gasteiger partial charge is 0.258 e. The number of carbonyl (C=O) groups excluding carboxylic acids is 2. The van der Waals surface area contributed by atoms with E-state index < -0.39 is 0 Å². The van der Waals surface area contributed by atoms with Crippen molar-refractivity contribution >= 4 is 29.1 Å². The molecule has 1 heterocycles. The third-order valence-corrected chi connectivity index (χ3v) is 4.73. The summed E-state index contributed by atoms with van der Waals surface area (Å²) in [6.45, 7) is 4.42. The molecule has 1 atom stereocenters. The number of nitrogens with zero attached hydrogens (tertiary/aromatic N) is 1. The van der Waals surface area contributed by atoms with Crippen molar-refractivity contribution in [2.45, 2.75) is 26.3 Å². The van der Waals surface area contributed by atoms with Crippen molar-refractivity contribution in [1.82, 2.24) is 5.32 Å². The van der Waals surface area contributed by atoms with Crippen molar-refractivity contribution in [2.24, 2.45) is 0 Å². The van der Waals surface area contributed by atoms with E-state index in [-0.39, 0.29) is 24.5 Å². The van der Waals surface area contributed by atoms with Crippen LogP contribution in [0, 0.1) is 13.8 Å². The van der Waals surface area contributed by atoms with Crippen LogP contribution in [0.2, 0.25) is 5.02 Å². The number of carbonyl (C=O) groups is 2. The molecule has 1 saturated heterocycles. The molecule has 3 rings (SSSR count). The van der Waals surface area contributed by atoms with Crippen LogP contribution < -0.4 is 15.0 Å². The Hall–Kier alpha value is -2.53. The molecule has 26 heavy (non-hydrogen) atoms. The van der Waals surface area contributed by atoms with Gasteiger partial charge in [-0.05, 0) is 61.4 Å². The van der Waals surface area contributed by atoms with Crippen molar-refractivity contribution in [1.29, 1.82) is 0 Å². The molecule has 2 aromatic rings. The molecule has 136 valence electrons. The Morgan fingerprint density at radius 1 is 1.19 bits per heavy atom. The van der Waals surface area contributed by atoms with Gasteiger partial charge < -0.3 is 15.0 Å². The summed E-state index contributed by atoms with van der Waals surface area (Å²) < 4.78 is 5.43. The fourth-order valence-electron chi connectivity index (χ4n) is 2.90. The summed E-state index contributed by atoms with van der Waals surface area (Å²) in [5.74, 6) is 0.334. The fourth-order valence-corrected chi connectivity index (χ4v) is 3.02. The van der Waals surface area contributed by atoms with E-state index in [0.29, 0.717) is 23.7 Å². The molecule has 1 aliphatic rings. The van der Waals surface area contributed by atoms with E-state index in [9.17, 15) is 9.59 Å². The zero-order valence-electron chi connectivity index (χ0n) is 14.8. The number of anilines is 1. The topological polar surface area (TPSA) is 58.6 Å². The van der Waals surface area contributed by atoms with E-state index in [1.54, 1.807) is 29.2 Å². The Morgan fingerprint density at radius 3 is 2.62 bits per heavy atom. The highest BCUT2D eigenvalue weighted by molar-refractivity contribution is 6.30. The van der Waals surface area contributed by atoms with Crippen LogP contribution in [0.15, 0.2) is 42.5 Å². The van der Waals surface area contributed by atoms with Gasteiger partial charge >= 0.3 is 0 Å². The van der Waals surface area contributed by atoms with Gasteiger partial charge in [0.25, 0.3) is 5.91 Å². The van der Waals surface area contributed by atoms with Gasteiger partial charge in [0, 0.05) is 23.7 Å². The lowest BCUT2D eigenvalue weighted by Gasteiger charge is -2.18. The maximum Gasteiger partial charge on any atom is 0.258 e. The van der Waals surface area contributed by atoms with Gasteiger partial charge in [-0.15, -0.1) is 0 Å². The van der Waals surface area contributed by atoms with Crippen molar-refractivity contribution in [3.63, 3.8) is 0 Å². The van der Waals surface area contributed by atoms with E-state index >= 15 is 0 Å². The standard InChI is InChI=1S/C20H21ClN2O3/c1-13-3-6-17(9-14(13)2)23-11-16(10-20(23)25)22-19(24)12-26-18-7-4-15(21)5-8-18/h3-9,16H,10-12H2,1-2H3,(H,22,24)/t16-/m0/s1. The summed E-state index contributed by atoms with van der Waals surface area (Å²) >= 11 is 5.81. The summed E-state index contributed by atoms with van der Waals surface area (Å²) in [5, 5.41) is 3.47. The molecule has 1 aliphatic heterocycles. The van der Waals surface area contributed by atoms with E-state index in [0.717, 1.165) is 11.3 Å². The Labute approximate surface area is 157 Å². The minimum atomic E-state index is -0.250. The number of hydrogen-bond acceptors (Lipinski definition) is 3. The summed E-state index contributed by atoms with van der Waals surface area (Å²) in [6, 6.07) is 12.5. The van der Waals surface area contributed by atoms with Crippen LogP contribution in [0.1, 0.15) is 17.5 Å². The molecular formula is C20H21ClN2O3. The van der Waals surface area contributed by atoms with Crippen LogP contribution >= 0.6 is 11.6 Å². The third-order valence-electron chi connectivity index (χ3n) is 4.48. The molecule has 1 N–H and O–H groups in total. The molecule has 0 spiro atoms. The van der Waals surface area contributed by atoms with E-state index in [2.05, 4.69) is 5.32 Å². The normalized spacial score (nSPS) is 16.7. The van der Waals surface area contributed by atoms with Crippen LogP contribution in [-0.2, 0) is 9.59 Å². The highest BCUT2D eigenvalue weighted by atomic mass is 35.5. The van der Waals surface area contributed by atoms with E-state index in [4.69, 9.17) is 16.3 Å². The first-order chi connectivity index (χ1) is 12.4. The Morgan fingerprint density at radius 2 is 1.92 bits per heavy atom. The van der Waals surface area contributed by atoms with Gasteiger partial charge in [-0.2, -0.15) is 0 Å². The summed E-state index contributed by atoms with van der Waals surface area (Å²) in [5.41, 5.74) is 3.19. The van der Waals surface area contributed by atoms with Gasteiger partial charge in [0.15, 0.2) is 6.61 Å². The summed E-state index contributed by atoms with van der Waals surface area (Å²) in [6.07, 6.45) is 0.291. The second-order valence-corrected chi connectivity index (χ2v) is 6.92. The van der Waals surface area contributed by atoms with Crippen molar-refractivity contribution in [3.05, 3.63) is 58.6 Å². The lowest BCUT2D eigenvalue weighted by Crippen LogP contribution is -2.39. The molecule has 5 nitrogen and oxygen atoms in total. The molecule has 0 aromatic heterocycles.